The second-order valence-corrected chi connectivity index (χ2v) is 7.25. The maximum atomic E-state index is 12.4. The van der Waals surface area contributed by atoms with Crippen molar-refractivity contribution in [3.05, 3.63) is 57.8 Å². The fraction of sp³-hybridized carbons (Fsp3) is 0.150. The third-order valence-electron chi connectivity index (χ3n) is 4.06. The maximum Gasteiger partial charge on any atom is 0.244 e. The Morgan fingerprint density at radius 1 is 0.968 bits per heavy atom. The number of methoxy groups -OCH3 is 2. The summed E-state index contributed by atoms with van der Waals surface area (Å²) in [6.45, 7) is -0.0923. The molecule has 0 unspecified atom stereocenters. The van der Waals surface area contributed by atoms with Crippen molar-refractivity contribution < 1.29 is 14.3 Å². The van der Waals surface area contributed by atoms with Crippen LogP contribution in [0, 0.1) is 0 Å². The molecule has 0 fully saturated rings. The Kier molecular flexibility index (Phi) is 7.62. The predicted molar refractivity (Wildman–Crippen MR) is 123 cm³/mol. The lowest BCUT2D eigenvalue weighted by Gasteiger charge is -2.15. The molecule has 11 heteroatoms. The van der Waals surface area contributed by atoms with E-state index >= 15 is 0 Å². The molecule has 0 spiro atoms. The molecule has 1 aromatic heterocycles. The quantitative estimate of drug-likeness (QED) is 0.403. The van der Waals surface area contributed by atoms with Gasteiger partial charge in [-0.1, -0.05) is 46.9 Å². The van der Waals surface area contributed by atoms with Crippen LogP contribution in [0.2, 0.25) is 15.1 Å². The van der Waals surface area contributed by atoms with Crippen molar-refractivity contribution >= 4 is 63.7 Å². The Morgan fingerprint density at radius 2 is 1.71 bits per heavy atom. The molecule has 0 aliphatic rings. The number of halogens is 3. The van der Waals surface area contributed by atoms with Gasteiger partial charge in [0, 0.05) is 12.1 Å². The number of hydrogen-bond acceptors (Lipinski definition) is 7. The van der Waals surface area contributed by atoms with Gasteiger partial charge in [0.2, 0.25) is 5.91 Å². The fourth-order valence-electron chi connectivity index (χ4n) is 2.60. The van der Waals surface area contributed by atoms with Crippen LogP contribution in [0.25, 0.3) is 0 Å². The third-order valence-corrected chi connectivity index (χ3v) is 5.12. The molecule has 0 bridgehead atoms. The third kappa shape index (κ3) is 5.61. The van der Waals surface area contributed by atoms with Gasteiger partial charge in [0.05, 0.1) is 37.2 Å². The molecular weight excluding hydrogens is 465 g/mol. The summed E-state index contributed by atoms with van der Waals surface area (Å²) in [4.78, 5) is 20.6. The van der Waals surface area contributed by atoms with Crippen LogP contribution >= 0.6 is 34.8 Å². The summed E-state index contributed by atoms with van der Waals surface area (Å²) in [5, 5.41) is 9.70. The van der Waals surface area contributed by atoms with Gasteiger partial charge >= 0.3 is 0 Å². The second kappa shape index (κ2) is 10.4. The average molecular weight is 483 g/mol. The Morgan fingerprint density at radius 3 is 2.42 bits per heavy atom. The van der Waals surface area contributed by atoms with Gasteiger partial charge in [0.1, 0.15) is 33.8 Å². The van der Waals surface area contributed by atoms with Crippen LogP contribution in [0.4, 0.5) is 23.0 Å². The van der Waals surface area contributed by atoms with Crippen LogP contribution in [0.5, 0.6) is 11.5 Å². The number of carbonyl (C=O) groups excluding carboxylic acids is 1. The van der Waals surface area contributed by atoms with Crippen LogP contribution < -0.4 is 25.4 Å². The first kappa shape index (κ1) is 22.7. The number of carbonyl (C=O) groups is 1. The highest BCUT2D eigenvalue weighted by atomic mass is 35.5. The number of aromatic nitrogens is 2. The lowest BCUT2D eigenvalue weighted by molar-refractivity contribution is -0.114. The molecule has 0 radical (unpaired) electrons. The maximum absolute atomic E-state index is 12.4. The first-order valence-electron chi connectivity index (χ1n) is 8.90. The van der Waals surface area contributed by atoms with Crippen LogP contribution in [0.1, 0.15) is 0 Å². The van der Waals surface area contributed by atoms with E-state index in [2.05, 4.69) is 25.9 Å². The van der Waals surface area contributed by atoms with Crippen LogP contribution in [-0.2, 0) is 4.79 Å². The molecule has 1 amide bonds. The standard InChI is InChI=1S/C20H18Cl3N5O3/c1-30-14-7-13(18(22)20(31-2)19(14)23)24-9-17(29)28-16-8-15(25-10-26-16)27-12-6-4-3-5-11(12)21/h3-8,10,24H,9H2,1-2H3,(H2,25,26,27,28,29). The number of benzene rings is 2. The average Bonchev–Trinajstić information content (AvgIpc) is 2.75. The molecule has 0 saturated heterocycles. The molecule has 0 saturated carbocycles. The Hall–Kier alpha value is -2.94. The van der Waals surface area contributed by atoms with Gasteiger partial charge < -0.3 is 25.4 Å². The lowest BCUT2D eigenvalue weighted by atomic mass is 10.2. The Balaban J connectivity index is 1.66. The van der Waals surface area contributed by atoms with Crippen molar-refractivity contribution in [3.63, 3.8) is 0 Å². The Bertz CT molecular complexity index is 1100. The highest BCUT2D eigenvalue weighted by Gasteiger charge is 2.17. The Labute approximate surface area is 193 Å². The highest BCUT2D eigenvalue weighted by Crippen LogP contribution is 2.44. The molecule has 162 valence electrons. The number of amides is 1. The first-order chi connectivity index (χ1) is 14.9. The lowest BCUT2D eigenvalue weighted by Crippen LogP contribution is -2.22. The molecular formula is C20H18Cl3N5O3. The van der Waals surface area contributed by atoms with Gasteiger partial charge in [-0.2, -0.15) is 0 Å². The molecule has 8 nitrogen and oxygen atoms in total. The van der Waals surface area contributed by atoms with E-state index < -0.39 is 0 Å². The van der Waals surface area contributed by atoms with E-state index in [1.807, 2.05) is 18.2 Å². The zero-order chi connectivity index (χ0) is 22.4. The van der Waals surface area contributed by atoms with Crippen molar-refractivity contribution in [1.29, 1.82) is 0 Å². The summed E-state index contributed by atoms with van der Waals surface area (Å²) < 4.78 is 10.4. The number of anilines is 4. The summed E-state index contributed by atoms with van der Waals surface area (Å²) >= 11 is 18.6. The molecule has 3 rings (SSSR count). The summed E-state index contributed by atoms with van der Waals surface area (Å²) in [5.41, 5.74) is 1.11. The summed E-state index contributed by atoms with van der Waals surface area (Å²) in [7, 11) is 2.90. The second-order valence-electron chi connectivity index (χ2n) is 6.08. The number of ether oxygens (including phenoxy) is 2. The number of hydrogen-bond donors (Lipinski definition) is 3. The predicted octanol–water partition coefficient (Wildman–Crippen LogP) is 5.25. The number of nitrogens with one attached hydrogen (secondary N) is 3. The van der Waals surface area contributed by atoms with E-state index in [1.54, 1.807) is 18.2 Å². The van der Waals surface area contributed by atoms with Crippen LogP contribution in [0.15, 0.2) is 42.7 Å². The van der Waals surface area contributed by atoms with Gasteiger partial charge in [-0.05, 0) is 12.1 Å². The zero-order valence-corrected chi connectivity index (χ0v) is 18.8. The summed E-state index contributed by atoms with van der Waals surface area (Å²) in [6, 6.07) is 10.4. The van der Waals surface area contributed by atoms with E-state index in [-0.39, 0.29) is 28.2 Å². The van der Waals surface area contributed by atoms with Gasteiger partial charge in [0.25, 0.3) is 0 Å². The minimum absolute atomic E-state index is 0.0923. The molecule has 2 aromatic carbocycles. The number of nitrogens with zero attached hydrogens (tertiary/aromatic N) is 2. The van der Waals surface area contributed by atoms with Crippen molar-refractivity contribution in [1.82, 2.24) is 9.97 Å². The summed E-state index contributed by atoms with van der Waals surface area (Å²) in [6.07, 6.45) is 1.33. The molecule has 3 N–H and O–H groups in total. The molecule has 3 aromatic rings. The summed E-state index contributed by atoms with van der Waals surface area (Å²) in [5.74, 6) is 1.04. The fourth-order valence-corrected chi connectivity index (χ4v) is 3.43. The van der Waals surface area contributed by atoms with Crippen molar-refractivity contribution in [3.8, 4) is 11.5 Å². The largest absolute Gasteiger partial charge is 0.495 e. The van der Waals surface area contributed by atoms with Gasteiger partial charge in [0.15, 0.2) is 5.75 Å². The van der Waals surface area contributed by atoms with E-state index in [0.717, 1.165) is 0 Å². The normalized spacial score (nSPS) is 10.4. The van der Waals surface area contributed by atoms with Crippen molar-refractivity contribution in [2.45, 2.75) is 0 Å². The molecule has 31 heavy (non-hydrogen) atoms. The highest BCUT2D eigenvalue weighted by molar-refractivity contribution is 6.39. The van der Waals surface area contributed by atoms with E-state index in [1.165, 1.54) is 20.5 Å². The van der Waals surface area contributed by atoms with Gasteiger partial charge in [-0.3, -0.25) is 4.79 Å². The van der Waals surface area contributed by atoms with Crippen molar-refractivity contribution in [2.75, 3.05) is 36.7 Å². The minimum Gasteiger partial charge on any atom is -0.495 e. The van der Waals surface area contributed by atoms with Crippen molar-refractivity contribution in [2.24, 2.45) is 0 Å². The SMILES string of the molecule is COc1cc(NCC(=O)Nc2cc(Nc3ccccc3Cl)ncn2)c(Cl)c(OC)c1Cl. The monoisotopic (exact) mass is 481 g/mol. The topological polar surface area (TPSA) is 97.4 Å². The minimum atomic E-state index is -0.355. The zero-order valence-electron chi connectivity index (χ0n) is 16.5. The van der Waals surface area contributed by atoms with Crippen LogP contribution in [0.3, 0.4) is 0 Å². The molecule has 0 atom stereocenters. The van der Waals surface area contributed by atoms with Crippen LogP contribution in [-0.4, -0.2) is 36.6 Å². The van der Waals surface area contributed by atoms with E-state index in [4.69, 9.17) is 44.3 Å². The van der Waals surface area contributed by atoms with Gasteiger partial charge in [-0.25, -0.2) is 9.97 Å². The number of para-hydroxylation sites is 1. The smallest absolute Gasteiger partial charge is 0.244 e. The molecule has 1 heterocycles. The first-order valence-corrected chi connectivity index (χ1v) is 10.0. The molecule has 0 aliphatic carbocycles. The van der Waals surface area contributed by atoms with E-state index in [9.17, 15) is 4.79 Å². The van der Waals surface area contributed by atoms with E-state index in [0.29, 0.717) is 33.8 Å². The molecule has 0 aliphatic heterocycles. The number of rotatable bonds is 8. The van der Waals surface area contributed by atoms with Gasteiger partial charge in [-0.15, -0.1) is 0 Å².